The fraction of sp³-hybridized carbons (Fsp3) is 0.857. The van der Waals surface area contributed by atoms with Crippen molar-refractivity contribution in [2.45, 2.75) is 13.0 Å². The Balaban J connectivity index is 2.25. The number of ether oxygens (including phenoxy) is 1. The van der Waals surface area contributed by atoms with E-state index in [-0.39, 0.29) is 12.1 Å². The lowest BCUT2D eigenvalue weighted by molar-refractivity contribution is 0.159. The number of alkyl halides is 1. The molecule has 1 amide bonds. The van der Waals surface area contributed by atoms with E-state index in [0.29, 0.717) is 5.92 Å². The zero-order chi connectivity index (χ0) is 8.97. The monoisotopic (exact) mass is 209 g/mol. The van der Waals surface area contributed by atoms with Crippen molar-refractivity contribution in [3.8, 4) is 0 Å². The Morgan fingerprint density at radius 2 is 2.50 bits per heavy atom. The van der Waals surface area contributed by atoms with Crippen LogP contribution in [-0.2, 0) is 4.74 Å². The zero-order valence-corrected chi connectivity index (χ0v) is 8.45. The van der Waals surface area contributed by atoms with Crippen molar-refractivity contribution in [3.63, 3.8) is 0 Å². The number of halogens is 1. The van der Waals surface area contributed by atoms with E-state index in [2.05, 4.69) is 17.0 Å². The number of hydrogen-bond donors (Lipinski definition) is 1. The third kappa shape index (κ3) is 2.75. The van der Waals surface area contributed by atoms with Crippen LogP contribution in [-0.4, -0.2) is 29.7 Å². The van der Waals surface area contributed by atoms with Gasteiger partial charge in [0.05, 0.1) is 0 Å². The van der Waals surface area contributed by atoms with Gasteiger partial charge < -0.3 is 10.1 Å². The molecule has 1 heterocycles. The molecule has 0 saturated carbocycles. The van der Waals surface area contributed by atoms with Crippen molar-refractivity contribution in [3.05, 3.63) is 0 Å². The number of hydrogen-bond acceptors (Lipinski definition) is 3. The first-order valence-corrected chi connectivity index (χ1v) is 5.50. The molecule has 0 bridgehead atoms. The summed E-state index contributed by atoms with van der Waals surface area (Å²) in [7, 11) is 0. The Kier molecular flexibility index (Phi) is 4.01. The third-order valence-corrected chi connectivity index (χ3v) is 3.32. The van der Waals surface area contributed by atoms with Gasteiger partial charge in [0.1, 0.15) is 0 Å². The minimum atomic E-state index is -0.413. The molecular weight excluding hydrogens is 198 g/mol. The van der Waals surface area contributed by atoms with E-state index < -0.39 is 6.09 Å². The number of amides is 1. The summed E-state index contributed by atoms with van der Waals surface area (Å²) in [6, 6.07) is 0.158. The standard InChI is InChI=1S/C7H12ClNO2S/c1-5-2-12-3-6(5)9-7(10)11-4-8/h5-6H,2-4H2,1H3,(H,9,10). The lowest BCUT2D eigenvalue weighted by Crippen LogP contribution is -2.38. The summed E-state index contributed by atoms with van der Waals surface area (Å²) in [4.78, 5) is 10.9. The highest BCUT2D eigenvalue weighted by atomic mass is 35.5. The molecule has 12 heavy (non-hydrogen) atoms. The summed E-state index contributed by atoms with van der Waals surface area (Å²) < 4.78 is 4.56. The molecule has 1 N–H and O–H groups in total. The normalized spacial score (nSPS) is 28.5. The van der Waals surface area contributed by atoms with Crippen LogP contribution < -0.4 is 5.32 Å². The molecule has 0 radical (unpaired) electrons. The second kappa shape index (κ2) is 4.82. The van der Waals surface area contributed by atoms with Crippen LogP contribution in [0, 0.1) is 5.92 Å². The smallest absolute Gasteiger partial charge is 0.408 e. The predicted octanol–water partition coefficient (Wildman–Crippen LogP) is 1.66. The Morgan fingerprint density at radius 1 is 1.75 bits per heavy atom. The maximum atomic E-state index is 10.9. The van der Waals surface area contributed by atoms with Gasteiger partial charge in [0.2, 0.25) is 0 Å². The lowest BCUT2D eigenvalue weighted by Gasteiger charge is -2.15. The average molecular weight is 210 g/mol. The summed E-state index contributed by atoms with van der Waals surface area (Å²) in [6.45, 7) is 2.12. The van der Waals surface area contributed by atoms with Crippen molar-refractivity contribution < 1.29 is 9.53 Å². The van der Waals surface area contributed by atoms with Crippen LogP contribution in [0.5, 0.6) is 0 Å². The molecule has 70 valence electrons. The molecule has 1 aliphatic heterocycles. The molecule has 0 aromatic heterocycles. The summed E-state index contributed by atoms with van der Waals surface area (Å²) in [5.41, 5.74) is 0. The van der Waals surface area contributed by atoms with Gasteiger partial charge in [-0.15, -0.1) is 0 Å². The van der Waals surface area contributed by atoms with Crippen molar-refractivity contribution >= 4 is 29.5 Å². The Morgan fingerprint density at radius 3 is 3.00 bits per heavy atom. The number of carbonyl (C=O) groups is 1. The minimum Gasteiger partial charge on any atom is -0.433 e. The van der Waals surface area contributed by atoms with Crippen LogP contribution in [0.15, 0.2) is 0 Å². The van der Waals surface area contributed by atoms with Gasteiger partial charge in [-0.2, -0.15) is 11.8 Å². The minimum absolute atomic E-state index is 0.0833. The fourth-order valence-electron chi connectivity index (χ4n) is 1.09. The maximum Gasteiger partial charge on any atom is 0.408 e. The van der Waals surface area contributed by atoms with E-state index in [0.717, 1.165) is 11.5 Å². The van der Waals surface area contributed by atoms with Gasteiger partial charge in [-0.3, -0.25) is 0 Å². The van der Waals surface area contributed by atoms with Crippen molar-refractivity contribution in [1.82, 2.24) is 5.32 Å². The first kappa shape index (κ1) is 9.99. The van der Waals surface area contributed by atoms with Gasteiger partial charge >= 0.3 is 6.09 Å². The molecule has 0 aliphatic carbocycles. The second-order valence-corrected chi connectivity index (χ2v) is 4.10. The quantitative estimate of drug-likeness (QED) is 0.703. The Hall–Kier alpha value is -0.0900. The summed E-state index contributed by atoms with van der Waals surface area (Å²) >= 11 is 7.08. The van der Waals surface area contributed by atoms with Gasteiger partial charge in [-0.05, 0) is 11.7 Å². The molecule has 2 atom stereocenters. The second-order valence-electron chi connectivity index (χ2n) is 2.81. The molecule has 1 rings (SSSR count). The van der Waals surface area contributed by atoms with Gasteiger partial charge in [-0.1, -0.05) is 18.5 Å². The van der Waals surface area contributed by atoms with Crippen molar-refractivity contribution in [2.75, 3.05) is 17.6 Å². The van der Waals surface area contributed by atoms with Crippen LogP contribution in [0.1, 0.15) is 6.92 Å². The van der Waals surface area contributed by atoms with E-state index in [1.54, 1.807) is 0 Å². The molecule has 1 saturated heterocycles. The summed E-state index contributed by atoms with van der Waals surface area (Å²) in [5.74, 6) is 2.60. The highest BCUT2D eigenvalue weighted by Crippen LogP contribution is 2.23. The molecule has 1 aliphatic rings. The topological polar surface area (TPSA) is 38.3 Å². The number of rotatable bonds is 2. The molecule has 2 unspecified atom stereocenters. The van der Waals surface area contributed by atoms with E-state index in [9.17, 15) is 4.79 Å². The number of thioether (sulfide) groups is 1. The van der Waals surface area contributed by atoms with Gasteiger partial charge in [-0.25, -0.2) is 4.79 Å². The van der Waals surface area contributed by atoms with Crippen molar-refractivity contribution in [1.29, 1.82) is 0 Å². The van der Waals surface area contributed by atoms with E-state index in [4.69, 9.17) is 11.6 Å². The van der Waals surface area contributed by atoms with Gasteiger partial charge in [0.25, 0.3) is 0 Å². The van der Waals surface area contributed by atoms with Crippen LogP contribution in [0.2, 0.25) is 0 Å². The van der Waals surface area contributed by atoms with Crippen LogP contribution in [0.3, 0.4) is 0 Å². The highest BCUT2D eigenvalue weighted by Gasteiger charge is 2.25. The first-order chi connectivity index (χ1) is 5.74. The van der Waals surface area contributed by atoms with Crippen molar-refractivity contribution in [2.24, 2.45) is 5.92 Å². The van der Waals surface area contributed by atoms with Gasteiger partial charge in [0, 0.05) is 11.8 Å². The number of carbonyl (C=O) groups excluding carboxylic acids is 1. The largest absolute Gasteiger partial charge is 0.433 e. The lowest BCUT2D eigenvalue weighted by atomic mass is 10.1. The fourth-order valence-corrected chi connectivity index (χ4v) is 2.59. The molecule has 0 spiro atoms. The average Bonchev–Trinajstić information content (AvgIpc) is 2.37. The number of nitrogens with one attached hydrogen (secondary N) is 1. The van der Waals surface area contributed by atoms with E-state index in [1.807, 2.05) is 11.8 Å². The SMILES string of the molecule is CC1CSCC1NC(=O)OCCl. The predicted molar refractivity (Wildman–Crippen MR) is 50.6 cm³/mol. The van der Waals surface area contributed by atoms with E-state index in [1.165, 1.54) is 0 Å². The molecule has 1 fully saturated rings. The summed E-state index contributed by atoms with van der Waals surface area (Å²) in [5, 5.41) is 2.76. The molecule has 3 nitrogen and oxygen atoms in total. The molecule has 5 heteroatoms. The van der Waals surface area contributed by atoms with Crippen LogP contribution >= 0.6 is 23.4 Å². The molecular formula is C7H12ClNO2S. The summed E-state index contributed by atoms with van der Waals surface area (Å²) in [6.07, 6.45) is -0.413. The number of alkyl carbamates (subject to hydrolysis) is 1. The third-order valence-electron chi connectivity index (χ3n) is 1.85. The maximum absolute atomic E-state index is 10.9. The Labute approximate surface area is 81.2 Å². The highest BCUT2D eigenvalue weighted by molar-refractivity contribution is 7.99. The first-order valence-electron chi connectivity index (χ1n) is 3.81. The van der Waals surface area contributed by atoms with Crippen LogP contribution in [0.4, 0.5) is 4.79 Å². The molecule has 0 aromatic rings. The Bertz CT molecular complexity index is 167. The zero-order valence-electron chi connectivity index (χ0n) is 6.88. The van der Waals surface area contributed by atoms with Crippen LogP contribution in [0.25, 0.3) is 0 Å². The van der Waals surface area contributed by atoms with Gasteiger partial charge in [0.15, 0.2) is 6.07 Å². The molecule has 0 aromatic carbocycles. The van der Waals surface area contributed by atoms with E-state index >= 15 is 0 Å².